The van der Waals surface area contributed by atoms with Gasteiger partial charge in [0.1, 0.15) is 59.5 Å². The Morgan fingerprint density at radius 2 is 0.986 bits per heavy atom. The molecule has 4 saturated heterocycles. The molecule has 0 saturated carbocycles. The molecule has 2 unspecified atom stereocenters. The number of nitrogens with one attached hydrogen (secondary N) is 1. The highest BCUT2D eigenvalue weighted by atomic mass is 35.5. The molecular weight excluding hydrogens is 1000 g/mol. The molecule has 0 bridgehead atoms. The third-order valence-electron chi connectivity index (χ3n) is 11.5. The Morgan fingerprint density at radius 1 is 0.556 bits per heavy atom. The quantitative estimate of drug-likeness (QED) is 0.0674. The third kappa shape index (κ3) is 12.1. The van der Waals surface area contributed by atoms with Crippen LogP contribution in [0.3, 0.4) is 0 Å². The summed E-state index contributed by atoms with van der Waals surface area (Å²) in [6.45, 7) is 3.97. The number of anilines is 3. The van der Waals surface area contributed by atoms with E-state index in [2.05, 4.69) is 25.3 Å². The summed E-state index contributed by atoms with van der Waals surface area (Å²) in [6, 6.07) is 17.5. The number of nitrogens with zero attached hydrogens (tertiary/aromatic N) is 4. The molecule has 3 N–H and O–H groups in total. The highest BCUT2D eigenvalue weighted by molar-refractivity contribution is 6.34. The number of fused-ring (bicyclic) bond motifs is 4. The molecule has 20 nitrogen and oxygen atoms in total. The zero-order chi connectivity index (χ0) is 50.3. The average Bonchev–Trinajstić information content (AvgIpc) is 4.15. The lowest BCUT2D eigenvalue weighted by Gasteiger charge is -2.19. The van der Waals surface area contributed by atoms with Crippen LogP contribution in [0, 0.1) is 0 Å². The fraction of sp³-hybridized carbons (Fsp3) is 0.388. The number of carbonyl (C=O) groups excluding carboxylic acids is 2. The van der Waals surface area contributed by atoms with Gasteiger partial charge in [-0.25, -0.2) is 19.9 Å². The first-order valence-corrected chi connectivity index (χ1v) is 23.0. The maximum absolute atomic E-state index is 11.3. The number of nitrogen functional groups attached to an aromatic ring is 1. The molecule has 0 amide bonds. The summed E-state index contributed by atoms with van der Waals surface area (Å²) in [7, 11) is 6.29. The van der Waals surface area contributed by atoms with Crippen LogP contribution < -0.4 is 39.5 Å². The summed E-state index contributed by atoms with van der Waals surface area (Å²) in [5.74, 6) is 3.28. The smallest absolute Gasteiger partial charge is 0.303 e. The topological polar surface area (TPSA) is 235 Å². The molecule has 72 heavy (non-hydrogen) atoms. The molecule has 4 aromatic carbocycles. The first kappa shape index (κ1) is 53.4. The van der Waals surface area contributed by atoms with Gasteiger partial charge >= 0.3 is 11.9 Å². The van der Waals surface area contributed by atoms with Crippen molar-refractivity contribution in [1.82, 2.24) is 19.9 Å². The van der Waals surface area contributed by atoms with Gasteiger partial charge in [-0.05, 0) is 48.5 Å². The minimum Gasteiger partial charge on any atom is -0.493 e. The van der Waals surface area contributed by atoms with Crippen LogP contribution in [0.1, 0.15) is 21.3 Å². The number of esters is 2. The minimum absolute atomic E-state index is 0. The lowest BCUT2D eigenvalue weighted by atomic mass is 10.1. The van der Waals surface area contributed by atoms with Gasteiger partial charge in [0.25, 0.3) is 0 Å². The summed E-state index contributed by atoms with van der Waals surface area (Å²) in [4.78, 5) is 39.0. The molecule has 2 aromatic heterocycles. The van der Waals surface area contributed by atoms with E-state index in [4.69, 9.17) is 97.4 Å². The van der Waals surface area contributed by atoms with Crippen LogP contribution in [0.15, 0.2) is 73.3 Å². The van der Waals surface area contributed by atoms with Crippen LogP contribution in [0.4, 0.5) is 17.2 Å². The molecule has 0 radical (unpaired) electrons. The number of rotatable bonds is 12. The molecule has 0 spiro atoms. The first-order chi connectivity index (χ1) is 34.3. The molecule has 23 heteroatoms. The lowest BCUT2D eigenvalue weighted by molar-refractivity contribution is -0.151. The number of ether oxygens (including phenoxy) is 12. The van der Waals surface area contributed by atoms with Crippen LogP contribution >= 0.6 is 34.8 Å². The second kappa shape index (κ2) is 23.9. The highest BCUT2D eigenvalue weighted by Gasteiger charge is 2.51. The molecule has 4 aliphatic heterocycles. The number of nitrogens with two attached hydrogens (primary N) is 1. The molecule has 6 heterocycles. The van der Waals surface area contributed by atoms with Crippen LogP contribution in [0.25, 0.3) is 21.8 Å². The predicted molar refractivity (Wildman–Crippen MR) is 267 cm³/mol. The van der Waals surface area contributed by atoms with Crippen molar-refractivity contribution in [3.8, 4) is 34.5 Å². The fourth-order valence-corrected chi connectivity index (χ4v) is 8.93. The van der Waals surface area contributed by atoms with E-state index in [1.54, 1.807) is 77.0 Å². The van der Waals surface area contributed by atoms with Crippen LogP contribution in [0.2, 0.25) is 15.2 Å². The maximum atomic E-state index is 11.3. The standard InChI is InChI=1S/C24H24ClN3O7.C14H16ClNO5.C10H9ClN2O2.CH4/c1-12(29)34-20-9-32-23-21(10-33-22(20)23)35-17-5-4-13(6-15(17)25)28-24-14-7-18(30-2)19(31-3)8-16(14)26-11-27-24;1-7(17)20-11-5-18-14-12(6-19-13(11)14)21-10-3-2-8(16)4-9(10)15;1-14-8-3-6-7(4-9(8)15-2)12-5-13-10(6)11;/h4-8,11,20-23H,9-10H2,1-3H3,(H,26,27,28);2-4,11-14H,5-6,16H2,1H3;3-5H,1-2H3;1H4/t20-,21?,22+,23+;11-,12?,13+,14+;;/m00../s1. The maximum Gasteiger partial charge on any atom is 0.303 e. The van der Waals surface area contributed by atoms with Gasteiger partial charge in [0.2, 0.25) is 0 Å². The van der Waals surface area contributed by atoms with E-state index in [0.717, 1.165) is 16.3 Å². The van der Waals surface area contributed by atoms with E-state index >= 15 is 0 Å². The Morgan fingerprint density at radius 3 is 1.47 bits per heavy atom. The second-order valence-corrected chi connectivity index (χ2v) is 17.3. The van der Waals surface area contributed by atoms with E-state index in [1.165, 1.54) is 26.5 Å². The second-order valence-electron chi connectivity index (χ2n) is 16.1. The molecule has 4 fully saturated rings. The fourth-order valence-electron chi connectivity index (χ4n) is 8.27. The summed E-state index contributed by atoms with van der Waals surface area (Å²) in [5.41, 5.74) is 8.36. The molecular formula is C49H53Cl3N6O14. The molecule has 0 aliphatic carbocycles. The number of hydrogen-bond acceptors (Lipinski definition) is 20. The summed E-state index contributed by atoms with van der Waals surface area (Å²) in [6.07, 6.45) is 0.125. The van der Waals surface area contributed by atoms with Gasteiger partial charge < -0.3 is 67.9 Å². The van der Waals surface area contributed by atoms with Crippen molar-refractivity contribution in [2.45, 2.75) is 70.1 Å². The molecule has 10 rings (SSSR count). The molecule has 8 atom stereocenters. The van der Waals surface area contributed by atoms with E-state index in [1.807, 2.05) is 12.1 Å². The van der Waals surface area contributed by atoms with Gasteiger partial charge in [0.15, 0.2) is 47.4 Å². The summed E-state index contributed by atoms with van der Waals surface area (Å²) in [5, 5.41) is 6.03. The Labute approximate surface area is 429 Å². The Bertz CT molecular complexity index is 2890. The monoisotopic (exact) mass is 1050 g/mol. The van der Waals surface area contributed by atoms with E-state index in [0.29, 0.717) is 92.2 Å². The Hall–Kier alpha value is -6.39. The Kier molecular flexibility index (Phi) is 17.7. The van der Waals surface area contributed by atoms with Crippen LogP contribution in [-0.2, 0) is 38.0 Å². The van der Waals surface area contributed by atoms with E-state index < -0.39 is 6.10 Å². The van der Waals surface area contributed by atoms with Gasteiger partial charge in [0.05, 0.1) is 75.9 Å². The average molecular weight is 1060 g/mol. The number of carbonyl (C=O) groups is 2. The summed E-state index contributed by atoms with van der Waals surface area (Å²) < 4.78 is 66.3. The van der Waals surface area contributed by atoms with Gasteiger partial charge in [-0.15, -0.1) is 0 Å². The minimum atomic E-state index is -0.436. The zero-order valence-corrected chi connectivity index (χ0v) is 41.4. The van der Waals surface area contributed by atoms with Crippen molar-refractivity contribution in [3.63, 3.8) is 0 Å². The Balaban J connectivity index is 0.000000174. The highest BCUT2D eigenvalue weighted by Crippen LogP contribution is 2.39. The van der Waals surface area contributed by atoms with E-state index in [-0.39, 0.29) is 68.7 Å². The van der Waals surface area contributed by atoms with Gasteiger partial charge in [-0.1, -0.05) is 42.2 Å². The van der Waals surface area contributed by atoms with Crippen molar-refractivity contribution >= 4 is 85.7 Å². The van der Waals surface area contributed by atoms with Gasteiger partial charge in [0, 0.05) is 48.1 Å². The lowest BCUT2D eigenvalue weighted by Crippen LogP contribution is -2.36. The number of methoxy groups -OCH3 is 4. The number of halogens is 3. The number of benzene rings is 4. The molecule has 4 aliphatic rings. The SMILES string of the molecule is C.CC(=O)O[C@H]1CO[C@@H]2C(Oc3ccc(N)cc3Cl)CO[C@H]12.COc1cc2ncnc(Cl)c2cc1OC.COc1cc2ncnc(Nc3ccc(OC4CO[C@@H]5[C@@H](OC(C)=O)CO[C@H]45)c(Cl)c3)c2cc1OC. The van der Waals surface area contributed by atoms with Crippen LogP contribution in [-0.4, -0.2) is 136 Å². The van der Waals surface area contributed by atoms with Crippen molar-refractivity contribution in [3.05, 3.63) is 88.5 Å². The number of aromatic nitrogens is 4. The van der Waals surface area contributed by atoms with Crippen LogP contribution in [0.5, 0.6) is 34.5 Å². The first-order valence-electron chi connectivity index (χ1n) is 21.9. The normalized spacial score (nSPS) is 22.4. The van der Waals surface area contributed by atoms with Crippen molar-refractivity contribution < 1.29 is 66.4 Å². The molecule has 384 valence electrons. The van der Waals surface area contributed by atoms with Crippen molar-refractivity contribution in [1.29, 1.82) is 0 Å². The third-order valence-corrected chi connectivity index (χ3v) is 12.4. The van der Waals surface area contributed by atoms with Crippen molar-refractivity contribution in [2.24, 2.45) is 0 Å². The zero-order valence-electron chi connectivity index (χ0n) is 39.1. The number of hydrogen-bond donors (Lipinski definition) is 2. The summed E-state index contributed by atoms with van der Waals surface area (Å²) >= 11 is 18.6. The molecule has 6 aromatic rings. The largest absolute Gasteiger partial charge is 0.493 e. The van der Waals surface area contributed by atoms with Gasteiger partial charge in [-0.2, -0.15) is 0 Å². The predicted octanol–water partition coefficient (Wildman–Crippen LogP) is 7.86. The van der Waals surface area contributed by atoms with Gasteiger partial charge in [-0.3, -0.25) is 9.59 Å². The van der Waals surface area contributed by atoms with Crippen molar-refractivity contribution in [2.75, 3.05) is 65.9 Å². The van der Waals surface area contributed by atoms with E-state index in [9.17, 15) is 9.59 Å².